The Balaban J connectivity index is 2.02. The quantitative estimate of drug-likeness (QED) is 0.853. The molecule has 1 saturated heterocycles. The molecule has 0 N–H and O–H groups in total. The molecule has 2 rings (SSSR count). The summed E-state index contributed by atoms with van der Waals surface area (Å²) in [5, 5.41) is 0. The zero-order valence-corrected chi connectivity index (χ0v) is 13.6. The lowest BCUT2D eigenvalue weighted by Crippen LogP contribution is -2.38. The highest BCUT2D eigenvalue weighted by molar-refractivity contribution is 5.94. The van der Waals surface area contributed by atoms with Crippen molar-refractivity contribution in [1.29, 1.82) is 0 Å². The number of carbonyl (C=O) groups excluding carboxylic acids is 2. The fourth-order valence-electron chi connectivity index (χ4n) is 2.64. The standard InChI is InChI=1S/C17H24N2O3/c1-13-5-6-15(11-14(13)2)17(21)19-8-4-7-18(9-10-19)16(20)12-22-3/h5-6,11H,4,7-10,12H2,1-3H3. The lowest BCUT2D eigenvalue weighted by atomic mass is 10.1. The van der Waals surface area contributed by atoms with E-state index in [4.69, 9.17) is 4.74 Å². The van der Waals surface area contributed by atoms with E-state index in [2.05, 4.69) is 0 Å². The van der Waals surface area contributed by atoms with Gasteiger partial charge >= 0.3 is 0 Å². The minimum absolute atomic E-state index is 0.0111. The van der Waals surface area contributed by atoms with Gasteiger partial charge in [-0.1, -0.05) is 6.07 Å². The van der Waals surface area contributed by atoms with E-state index in [-0.39, 0.29) is 18.4 Å². The van der Waals surface area contributed by atoms with Gasteiger partial charge in [0.15, 0.2) is 0 Å². The van der Waals surface area contributed by atoms with E-state index in [1.165, 1.54) is 12.7 Å². The molecule has 1 aromatic rings. The molecule has 0 aliphatic carbocycles. The molecule has 22 heavy (non-hydrogen) atoms. The van der Waals surface area contributed by atoms with Gasteiger partial charge < -0.3 is 14.5 Å². The fraction of sp³-hybridized carbons (Fsp3) is 0.529. The van der Waals surface area contributed by atoms with Crippen molar-refractivity contribution >= 4 is 11.8 Å². The molecule has 0 spiro atoms. The molecule has 5 heteroatoms. The maximum Gasteiger partial charge on any atom is 0.253 e. The number of hydrogen-bond donors (Lipinski definition) is 0. The normalized spacial score (nSPS) is 15.6. The first-order chi connectivity index (χ1) is 10.5. The summed E-state index contributed by atoms with van der Waals surface area (Å²) in [6.07, 6.45) is 0.798. The van der Waals surface area contributed by atoms with E-state index >= 15 is 0 Å². The molecule has 0 atom stereocenters. The summed E-state index contributed by atoms with van der Waals surface area (Å²) < 4.78 is 4.89. The van der Waals surface area contributed by atoms with Crippen LogP contribution < -0.4 is 0 Å². The maximum atomic E-state index is 12.6. The number of nitrogens with zero attached hydrogens (tertiary/aromatic N) is 2. The van der Waals surface area contributed by atoms with Gasteiger partial charge in [0.25, 0.3) is 5.91 Å². The number of rotatable bonds is 3. The van der Waals surface area contributed by atoms with E-state index in [1.807, 2.05) is 36.9 Å². The van der Waals surface area contributed by atoms with Gasteiger partial charge in [-0.3, -0.25) is 9.59 Å². The minimum Gasteiger partial charge on any atom is -0.375 e. The summed E-state index contributed by atoms with van der Waals surface area (Å²) in [5.74, 6) is 0.0344. The van der Waals surface area contributed by atoms with Crippen molar-refractivity contribution in [2.75, 3.05) is 39.9 Å². The number of carbonyl (C=O) groups is 2. The second-order valence-electron chi connectivity index (χ2n) is 5.76. The van der Waals surface area contributed by atoms with Crippen molar-refractivity contribution in [2.45, 2.75) is 20.3 Å². The molecular formula is C17H24N2O3. The molecule has 1 aromatic carbocycles. The van der Waals surface area contributed by atoms with Gasteiger partial charge in [-0.05, 0) is 43.5 Å². The summed E-state index contributed by atoms with van der Waals surface area (Å²) in [6.45, 7) is 6.65. The Bertz CT molecular complexity index is 557. The van der Waals surface area contributed by atoms with Gasteiger partial charge in [0, 0.05) is 38.9 Å². The van der Waals surface area contributed by atoms with Crippen LogP contribution in [0.1, 0.15) is 27.9 Å². The molecule has 5 nitrogen and oxygen atoms in total. The van der Waals surface area contributed by atoms with Crippen LogP contribution in [-0.4, -0.2) is 61.5 Å². The molecule has 2 amide bonds. The predicted molar refractivity (Wildman–Crippen MR) is 84.9 cm³/mol. The lowest BCUT2D eigenvalue weighted by Gasteiger charge is -2.22. The summed E-state index contributed by atoms with van der Waals surface area (Å²) in [4.78, 5) is 28.1. The van der Waals surface area contributed by atoms with Crippen LogP contribution in [0.4, 0.5) is 0 Å². The highest BCUT2D eigenvalue weighted by Crippen LogP contribution is 2.14. The van der Waals surface area contributed by atoms with Gasteiger partial charge in [-0.15, -0.1) is 0 Å². The van der Waals surface area contributed by atoms with E-state index in [0.717, 1.165) is 17.5 Å². The molecular weight excluding hydrogens is 280 g/mol. The van der Waals surface area contributed by atoms with Crippen molar-refractivity contribution in [3.05, 3.63) is 34.9 Å². The second kappa shape index (κ2) is 7.40. The molecule has 1 fully saturated rings. The van der Waals surface area contributed by atoms with Crippen molar-refractivity contribution in [2.24, 2.45) is 0 Å². The lowest BCUT2D eigenvalue weighted by molar-refractivity contribution is -0.135. The van der Waals surface area contributed by atoms with E-state index in [9.17, 15) is 9.59 Å². The van der Waals surface area contributed by atoms with Crippen molar-refractivity contribution < 1.29 is 14.3 Å². The number of hydrogen-bond acceptors (Lipinski definition) is 3. The number of amides is 2. The molecule has 120 valence electrons. The first kappa shape index (κ1) is 16.5. The van der Waals surface area contributed by atoms with Gasteiger partial charge in [0.2, 0.25) is 5.91 Å². The Morgan fingerprint density at radius 1 is 1.05 bits per heavy atom. The van der Waals surface area contributed by atoms with Crippen LogP contribution in [0.2, 0.25) is 0 Å². The first-order valence-electron chi connectivity index (χ1n) is 7.66. The number of benzene rings is 1. The summed E-state index contributed by atoms with van der Waals surface area (Å²) in [7, 11) is 1.52. The number of ether oxygens (including phenoxy) is 1. The molecule has 1 aliphatic heterocycles. The average molecular weight is 304 g/mol. The number of methoxy groups -OCH3 is 1. The van der Waals surface area contributed by atoms with Crippen molar-refractivity contribution in [1.82, 2.24) is 9.80 Å². The fourth-order valence-corrected chi connectivity index (χ4v) is 2.64. The maximum absolute atomic E-state index is 12.6. The summed E-state index contributed by atoms with van der Waals surface area (Å²) >= 11 is 0. The third kappa shape index (κ3) is 3.85. The van der Waals surface area contributed by atoms with Crippen molar-refractivity contribution in [3.63, 3.8) is 0 Å². The van der Waals surface area contributed by atoms with Crippen LogP contribution in [0.25, 0.3) is 0 Å². The Labute approximate surface area is 131 Å². The molecule has 1 heterocycles. The second-order valence-corrected chi connectivity index (χ2v) is 5.76. The van der Waals surface area contributed by atoms with Crippen LogP contribution in [0.15, 0.2) is 18.2 Å². The zero-order chi connectivity index (χ0) is 16.1. The van der Waals surface area contributed by atoms with Crippen LogP contribution in [0.3, 0.4) is 0 Å². The van der Waals surface area contributed by atoms with Crippen LogP contribution in [-0.2, 0) is 9.53 Å². The van der Waals surface area contributed by atoms with E-state index in [0.29, 0.717) is 26.2 Å². The minimum atomic E-state index is -0.0111. The zero-order valence-electron chi connectivity index (χ0n) is 13.6. The predicted octanol–water partition coefficient (Wildman–Crippen LogP) is 1.62. The first-order valence-corrected chi connectivity index (χ1v) is 7.66. The summed E-state index contributed by atoms with van der Waals surface area (Å²) in [5.41, 5.74) is 3.03. The Morgan fingerprint density at radius 3 is 2.41 bits per heavy atom. The highest BCUT2D eigenvalue weighted by atomic mass is 16.5. The SMILES string of the molecule is COCC(=O)N1CCCN(C(=O)c2ccc(C)c(C)c2)CC1. The monoisotopic (exact) mass is 304 g/mol. The number of aryl methyl sites for hydroxylation is 2. The van der Waals surface area contributed by atoms with Crippen molar-refractivity contribution in [3.8, 4) is 0 Å². The third-order valence-electron chi connectivity index (χ3n) is 4.16. The highest BCUT2D eigenvalue weighted by Gasteiger charge is 2.22. The Hall–Kier alpha value is -1.88. The van der Waals surface area contributed by atoms with Crippen LogP contribution in [0.5, 0.6) is 0 Å². The largest absolute Gasteiger partial charge is 0.375 e. The molecule has 0 bridgehead atoms. The Kier molecular flexibility index (Phi) is 5.55. The topological polar surface area (TPSA) is 49.9 Å². The molecule has 0 unspecified atom stereocenters. The van der Waals surface area contributed by atoms with E-state index < -0.39 is 0 Å². The van der Waals surface area contributed by atoms with Gasteiger partial charge in [-0.2, -0.15) is 0 Å². The van der Waals surface area contributed by atoms with Gasteiger partial charge in [0.05, 0.1) is 0 Å². The van der Waals surface area contributed by atoms with Gasteiger partial charge in [0.1, 0.15) is 6.61 Å². The van der Waals surface area contributed by atoms with Crippen LogP contribution >= 0.6 is 0 Å². The van der Waals surface area contributed by atoms with E-state index in [1.54, 1.807) is 4.90 Å². The molecule has 0 radical (unpaired) electrons. The summed E-state index contributed by atoms with van der Waals surface area (Å²) in [6, 6.07) is 5.80. The molecule has 0 saturated carbocycles. The molecule has 1 aliphatic rings. The average Bonchev–Trinajstić information content (AvgIpc) is 2.75. The van der Waals surface area contributed by atoms with Crippen LogP contribution in [0, 0.1) is 13.8 Å². The smallest absolute Gasteiger partial charge is 0.253 e. The Morgan fingerprint density at radius 2 is 1.73 bits per heavy atom. The third-order valence-corrected chi connectivity index (χ3v) is 4.16. The van der Waals surface area contributed by atoms with Gasteiger partial charge in [-0.25, -0.2) is 0 Å². The molecule has 0 aromatic heterocycles.